The number of nitrogens with zero attached hydrogens (tertiary/aromatic N) is 1. The second-order valence-corrected chi connectivity index (χ2v) is 6.39. The third kappa shape index (κ3) is 6.10. The maximum absolute atomic E-state index is 5.53. The van der Waals surface area contributed by atoms with Gasteiger partial charge in [-0.15, -0.1) is 24.8 Å². The summed E-state index contributed by atoms with van der Waals surface area (Å²) in [6.45, 7) is 8.75. The van der Waals surface area contributed by atoms with Crippen molar-refractivity contribution in [3.63, 3.8) is 0 Å². The first-order valence-corrected chi connectivity index (χ1v) is 8.35. The van der Waals surface area contributed by atoms with E-state index in [1.165, 1.54) is 5.56 Å². The molecule has 2 rings (SSSR count). The number of piperazine rings is 1. The van der Waals surface area contributed by atoms with Crippen molar-refractivity contribution < 1.29 is 14.2 Å². The standard InChI is InChI=1S/C18H30N2O3.2ClH/c1-13(2)10-15(20-8-6-19-7-9-20)14-11-16(21-3)18(23-5)17(12-14)22-4;;/h11-13,15,19H,6-10H2,1-5H3;2*1H/t15-;;/m1../s1. The highest BCUT2D eigenvalue weighted by molar-refractivity contribution is 5.85. The number of methoxy groups -OCH3 is 3. The lowest BCUT2D eigenvalue weighted by molar-refractivity contribution is 0.153. The quantitative estimate of drug-likeness (QED) is 0.765. The van der Waals surface area contributed by atoms with Crippen LogP contribution in [0.2, 0.25) is 0 Å². The molecule has 1 heterocycles. The van der Waals surface area contributed by atoms with Gasteiger partial charge in [0.05, 0.1) is 21.3 Å². The van der Waals surface area contributed by atoms with Crippen LogP contribution in [0.4, 0.5) is 0 Å². The fourth-order valence-electron chi connectivity index (χ4n) is 3.23. The fourth-order valence-corrected chi connectivity index (χ4v) is 3.23. The van der Waals surface area contributed by atoms with Gasteiger partial charge in [-0.2, -0.15) is 0 Å². The second kappa shape index (κ2) is 11.7. The second-order valence-electron chi connectivity index (χ2n) is 6.39. The smallest absolute Gasteiger partial charge is 0.203 e. The molecular formula is C18H32Cl2N2O3. The van der Waals surface area contributed by atoms with Crippen LogP contribution in [0.25, 0.3) is 0 Å². The Bertz CT molecular complexity index is 484. The molecule has 0 radical (unpaired) electrons. The summed E-state index contributed by atoms with van der Waals surface area (Å²) in [5.74, 6) is 2.73. The number of rotatable bonds is 7. The molecule has 0 unspecified atom stereocenters. The summed E-state index contributed by atoms with van der Waals surface area (Å²) in [5.41, 5.74) is 1.23. The number of benzene rings is 1. The van der Waals surface area contributed by atoms with E-state index < -0.39 is 0 Å². The Balaban J connectivity index is 0.00000288. The Hall–Kier alpha value is -0.880. The van der Waals surface area contributed by atoms with Gasteiger partial charge in [0.25, 0.3) is 0 Å². The average Bonchev–Trinajstić information content (AvgIpc) is 2.58. The summed E-state index contributed by atoms with van der Waals surface area (Å²) in [4.78, 5) is 2.55. The summed E-state index contributed by atoms with van der Waals surface area (Å²) < 4.78 is 16.5. The predicted octanol–water partition coefficient (Wildman–Crippen LogP) is 3.55. The highest BCUT2D eigenvalue weighted by Gasteiger charge is 2.25. The first-order valence-electron chi connectivity index (χ1n) is 8.35. The Morgan fingerprint density at radius 3 is 1.88 bits per heavy atom. The SMILES string of the molecule is COc1cc([C@@H](CC(C)C)N2CCNCC2)cc(OC)c1OC.Cl.Cl. The van der Waals surface area contributed by atoms with E-state index in [0.717, 1.165) is 44.1 Å². The van der Waals surface area contributed by atoms with Crippen LogP contribution >= 0.6 is 24.8 Å². The zero-order chi connectivity index (χ0) is 16.8. The molecule has 5 nitrogen and oxygen atoms in total. The van der Waals surface area contributed by atoms with Crippen molar-refractivity contribution >= 4 is 24.8 Å². The Kier molecular flexibility index (Phi) is 11.3. The van der Waals surface area contributed by atoms with E-state index in [1.807, 2.05) is 0 Å². The molecule has 0 aromatic heterocycles. The highest BCUT2D eigenvalue weighted by atomic mass is 35.5. The van der Waals surface area contributed by atoms with Gasteiger partial charge in [-0.1, -0.05) is 13.8 Å². The largest absolute Gasteiger partial charge is 0.493 e. The van der Waals surface area contributed by atoms with E-state index in [-0.39, 0.29) is 24.8 Å². The number of hydrogen-bond acceptors (Lipinski definition) is 5. The molecule has 0 saturated carbocycles. The van der Waals surface area contributed by atoms with Crippen LogP contribution in [0, 0.1) is 5.92 Å². The average molecular weight is 395 g/mol. The van der Waals surface area contributed by atoms with Crippen molar-refractivity contribution in [1.29, 1.82) is 0 Å². The summed E-state index contributed by atoms with van der Waals surface area (Å²) in [6.07, 6.45) is 1.11. The maximum Gasteiger partial charge on any atom is 0.203 e. The number of hydrogen-bond donors (Lipinski definition) is 1. The lowest BCUT2D eigenvalue weighted by atomic mass is 9.94. The lowest BCUT2D eigenvalue weighted by Gasteiger charge is -2.36. The number of halogens is 2. The Morgan fingerprint density at radius 1 is 0.960 bits per heavy atom. The third-order valence-electron chi connectivity index (χ3n) is 4.36. The summed E-state index contributed by atoms with van der Waals surface area (Å²) in [7, 11) is 4.98. The first kappa shape index (κ1) is 24.1. The number of nitrogens with one attached hydrogen (secondary N) is 1. The van der Waals surface area contributed by atoms with Crippen LogP contribution in [-0.4, -0.2) is 52.4 Å². The molecule has 1 aliphatic heterocycles. The Labute approximate surface area is 164 Å². The molecule has 1 aromatic carbocycles. The van der Waals surface area contributed by atoms with Crippen LogP contribution < -0.4 is 19.5 Å². The molecule has 7 heteroatoms. The fraction of sp³-hybridized carbons (Fsp3) is 0.667. The topological polar surface area (TPSA) is 43.0 Å². The molecular weight excluding hydrogens is 363 g/mol. The van der Waals surface area contributed by atoms with Crippen molar-refractivity contribution in [3.8, 4) is 17.2 Å². The van der Waals surface area contributed by atoms with Gasteiger partial charge in [-0.05, 0) is 30.0 Å². The zero-order valence-corrected chi connectivity index (χ0v) is 17.5. The molecule has 0 amide bonds. The van der Waals surface area contributed by atoms with Crippen LogP contribution in [0.15, 0.2) is 12.1 Å². The normalized spacial score (nSPS) is 15.8. The molecule has 1 atom stereocenters. The zero-order valence-electron chi connectivity index (χ0n) is 15.8. The van der Waals surface area contributed by atoms with Crippen LogP contribution in [0.3, 0.4) is 0 Å². The lowest BCUT2D eigenvalue weighted by Crippen LogP contribution is -2.45. The Morgan fingerprint density at radius 2 is 1.48 bits per heavy atom. The van der Waals surface area contributed by atoms with E-state index in [9.17, 15) is 0 Å². The van der Waals surface area contributed by atoms with Gasteiger partial charge in [0.15, 0.2) is 11.5 Å². The molecule has 1 fully saturated rings. The first-order chi connectivity index (χ1) is 11.1. The van der Waals surface area contributed by atoms with Gasteiger partial charge in [0.1, 0.15) is 0 Å². The van der Waals surface area contributed by atoms with Gasteiger partial charge in [0, 0.05) is 32.2 Å². The van der Waals surface area contributed by atoms with E-state index in [0.29, 0.717) is 17.7 Å². The van der Waals surface area contributed by atoms with Crippen molar-refractivity contribution in [3.05, 3.63) is 17.7 Å². The van der Waals surface area contributed by atoms with Gasteiger partial charge in [-0.25, -0.2) is 0 Å². The highest BCUT2D eigenvalue weighted by Crippen LogP contribution is 2.41. The minimum Gasteiger partial charge on any atom is -0.493 e. The molecule has 0 aliphatic carbocycles. The molecule has 146 valence electrons. The third-order valence-corrected chi connectivity index (χ3v) is 4.36. The molecule has 25 heavy (non-hydrogen) atoms. The van der Waals surface area contributed by atoms with Crippen molar-refractivity contribution in [1.82, 2.24) is 10.2 Å². The monoisotopic (exact) mass is 394 g/mol. The van der Waals surface area contributed by atoms with Crippen molar-refractivity contribution in [2.24, 2.45) is 5.92 Å². The van der Waals surface area contributed by atoms with Crippen LogP contribution in [0.1, 0.15) is 31.9 Å². The van der Waals surface area contributed by atoms with Crippen LogP contribution in [-0.2, 0) is 0 Å². The minimum atomic E-state index is 0. The van der Waals surface area contributed by atoms with Crippen molar-refractivity contribution in [2.75, 3.05) is 47.5 Å². The van der Waals surface area contributed by atoms with Crippen LogP contribution in [0.5, 0.6) is 17.2 Å². The summed E-state index contributed by atoms with van der Waals surface area (Å²) in [6, 6.07) is 4.55. The van der Waals surface area contributed by atoms with Gasteiger partial charge in [-0.3, -0.25) is 4.90 Å². The molecule has 0 bridgehead atoms. The van der Waals surface area contributed by atoms with Gasteiger partial charge < -0.3 is 19.5 Å². The van der Waals surface area contributed by atoms with E-state index >= 15 is 0 Å². The number of ether oxygens (including phenoxy) is 3. The van der Waals surface area contributed by atoms with E-state index in [2.05, 4.69) is 36.2 Å². The van der Waals surface area contributed by atoms with Gasteiger partial charge >= 0.3 is 0 Å². The molecule has 0 spiro atoms. The maximum atomic E-state index is 5.53. The summed E-state index contributed by atoms with van der Waals surface area (Å²) in [5, 5.41) is 3.43. The molecule has 1 N–H and O–H groups in total. The van der Waals surface area contributed by atoms with Crippen molar-refractivity contribution in [2.45, 2.75) is 26.3 Å². The molecule has 1 aromatic rings. The van der Waals surface area contributed by atoms with E-state index in [1.54, 1.807) is 21.3 Å². The molecule has 1 aliphatic rings. The minimum absolute atomic E-state index is 0. The van der Waals surface area contributed by atoms with Gasteiger partial charge in [0.2, 0.25) is 5.75 Å². The predicted molar refractivity (Wildman–Crippen MR) is 107 cm³/mol. The molecule has 1 saturated heterocycles. The summed E-state index contributed by atoms with van der Waals surface area (Å²) >= 11 is 0. The van der Waals surface area contributed by atoms with E-state index in [4.69, 9.17) is 14.2 Å².